The normalized spacial score (nSPS) is 11.2. The summed E-state index contributed by atoms with van der Waals surface area (Å²) in [6, 6.07) is 3.86. The zero-order valence-electron chi connectivity index (χ0n) is 18.6. The molecule has 2 aromatic rings. The third-order valence-corrected chi connectivity index (χ3v) is 6.29. The van der Waals surface area contributed by atoms with Gasteiger partial charge in [0, 0.05) is 29.7 Å². The minimum atomic E-state index is -0.605. The molecule has 0 aliphatic heterocycles. The van der Waals surface area contributed by atoms with Crippen molar-refractivity contribution in [3.8, 4) is 6.07 Å². The Kier molecular flexibility index (Phi) is 7.95. The molecule has 0 bridgehead atoms. The number of carbonyl (C=O) groups is 3. The first-order valence-corrected chi connectivity index (χ1v) is 10.7. The first-order valence-electron chi connectivity index (χ1n) is 9.90. The van der Waals surface area contributed by atoms with Crippen LogP contribution in [0.4, 0.5) is 0 Å². The van der Waals surface area contributed by atoms with Crippen LogP contribution in [0.1, 0.15) is 61.3 Å². The van der Waals surface area contributed by atoms with E-state index in [1.165, 1.54) is 0 Å². The number of nitrogens with zero attached hydrogens (tertiary/aromatic N) is 2. The van der Waals surface area contributed by atoms with Crippen LogP contribution in [-0.2, 0) is 27.7 Å². The van der Waals surface area contributed by atoms with Crippen molar-refractivity contribution in [3.05, 3.63) is 49.5 Å². The smallest absolute Gasteiger partial charge is 0.348 e. The van der Waals surface area contributed by atoms with Gasteiger partial charge in [0.1, 0.15) is 10.9 Å². The van der Waals surface area contributed by atoms with Crippen molar-refractivity contribution in [1.82, 2.24) is 4.57 Å². The zero-order chi connectivity index (χ0) is 23.3. The van der Waals surface area contributed by atoms with E-state index >= 15 is 0 Å². The Morgan fingerprint density at radius 3 is 2.26 bits per heavy atom. The molecule has 0 fully saturated rings. The number of nitriles is 1. The predicted molar refractivity (Wildman–Crippen MR) is 118 cm³/mol. The number of hydrogen-bond donors (Lipinski definition) is 0. The maximum atomic E-state index is 12.9. The molecule has 2 rings (SSSR count). The van der Waals surface area contributed by atoms with Crippen LogP contribution < -0.4 is 0 Å². The molecule has 0 aliphatic carbocycles. The van der Waals surface area contributed by atoms with Gasteiger partial charge in [-0.3, -0.25) is 4.79 Å². The number of hydrogen-bond acceptors (Lipinski definition) is 7. The Balaban J connectivity index is 2.46. The monoisotopic (exact) mass is 442 g/mol. The quantitative estimate of drug-likeness (QED) is 0.347. The number of aryl methyl sites for hydroxylation is 1. The third-order valence-electron chi connectivity index (χ3n) is 5.02. The molecule has 0 amide bonds. The summed E-state index contributed by atoms with van der Waals surface area (Å²) < 4.78 is 12.2. The number of rotatable bonds is 8. The van der Waals surface area contributed by atoms with Gasteiger partial charge in [0.25, 0.3) is 0 Å². The summed E-state index contributed by atoms with van der Waals surface area (Å²) >= 11 is 1.02. The summed E-state index contributed by atoms with van der Waals surface area (Å²) in [5, 5.41) is 9.58. The van der Waals surface area contributed by atoms with Gasteiger partial charge >= 0.3 is 11.9 Å². The van der Waals surface area contributed by atoms with Crippen molar-refractivity contribution < 1.29 is 23.9 Å². The average Bonchev–Trinajstić information content (AvgIpc) is 3.17. The van der Waals surface area contributed by atoms with Crippen LogP contribution in [0.2, 0.25) is 0 Å². The number of ether oxygens (including phenoxy) is 2. The number of thiophene rings is 1. The van der Waals surface area contributed by atoms with Gasteiger partial charge in [-0.2, -0.15) is 5.26 Å². The van der Waals surface area contributed by atoms with Crippen LogP contribution in [0.3, 0.4) is 0 Å². The highest BCUT2D eigenvalue weighted by atomic mass is 32.1. The topological polar surface area (TPSA) is 98.4 Å². The van der Waals surface area contributed by atoms with Crippen LogP contribution in [0, 0.1) is 32.1 Å². The number of aromatic nitrogens is 1. The number of esters is 2. The second-order valence-electron chi connectivity index (χ2n) is 6.95. The maximum Gasteiger partial charge on any atom is 0.348 e. The summed E-state index contributed by atoms with van der Waals surface area (Å²) in [5.41, 5.74) is 3.30. The molecule has 0 aromatic carbocycles. The fourth-order valence-corrected chi connectivity index (χ4v) is 4.35. The highest BCUT2D eigenvalue weighted by Crippen LogP contribution is 2.31. The van der Waals surface area contributed by atoms with Gasteiger partial charge in [-0.15, -0.1) is 11.3 Å². The summed E-state index contributed by atoms with van der Waals surface area (Å²) in [6.07, 6.45) is 1.37. The maximum absolute atomic E-state index is 12.9. The molecule has 0 unspecified atom stereocenters. The fraction of sp³-hybridized carbons (Fsp3) is 0.391. The number of ketones is 1. The summed E-state index contributed by atoms with van der Waals surface area (Å²) in [7, 11) is 1.91. The van der Waals surface area contributed by atoms with Gasteiger partial charge in [-0.1, -0.05) is 0 Å². The van der Waals surface area contributed by atoms with Crippen LogP contribution in [0.25, 0.3) is 6.08 Å². The van der Waals surface area contributed by atoms with E-state index in [0.717, 1.165) is 28.3 Å². The minimum Gasteiger partial charge on any atom is -0.462 e. The van der Waals surface area contributed by atoms with Crippen molar-refractivity contribution in [3.63, 3.8) is 0 Å². The predicted octanol–water partition coefficient (Wildman–Crippen LogP) is 4.08. The van der Waals surface area contributed by atoms with E-state index in [0.29, 0.717) is 10.4 Å². The lowest BCUT2D eigenvalue weighted by Gasteiger charge is -2.05. The molecule has 8 heteroatoms. The van der Waals surface area contributed by atoms with Crippen LogP contribution >= 0.6 is 11.3 Å². The van der Waals surface area contributed by atoms with Gasteiger partial charge in [0.2, 0.25) is 0 Å². The second-order valence-corrected chi connectivity index (χ2v) is 8.06. The van der Waals surface area contributed by atoms with Gasteiger partial charge in [-0.05, 0) is 57.9 Å². The van der Waals surface area contributed by atoms with Crippen LogP contribution in [0.15, 0.2) is 11.6 Å². The third kappa shape index (κ3) is 5.12. The van der Waals surface area contributed by atoms with Crippen LogP contribution in [0.5, 0.6) is 0 Å². The average molecular weight is 443 g/mol. The summed E-state index contributed by atoms with van der Waals surface area (Å²) in [5.74, 6) is -1.60. The minimum absolute atomic E-state index is 0.0211. The second kappa shape index (κ2) is 10.2. The highest BCUT2D eigenvalue weighted by Gasteiger charge is 2.28. The SMILES string of the molecule is CCOC(=O)c1sc(CC(=O)/C(C#N)=C/c2cc(C)n(C)c2C)c(C(=O)OCC)c1C. The van der Waals surface area contributed by atoms with Crippen LogP contribution in [-0.4, -0.2) is 35.5 Å². The van der Waals surface area contributed by atoms with Crippen molar-refractivity contribution >= 4 is 35.1 Å². The molecule has 0 spiro atoms. The van der Waals surface area contributed by atoms with E-state index < -0.39 is 17.7 Å². The molecular weight excluding hydrogens is 416 g/mol. The van der Waals surface area contributed by atoms with E-state index in [9.17, 15) is 19.6 Å². The molecular formula is C23H26N2O5S. The molecule has 2 aromatic heterocycles. The van der Waals surface area contributed by atoms with E-state index in [1.807, 2.05) is 37.6 Å². The molecule has 0 N–H and O–H groups in total. The van der Waals surface area contributed by atoms with Gasteiger partial charge in [0.15, 0.2) is 5.78 Å². The molecule has 2 heterocycles. The Labute approximate surface area is 185 Å². The number of carbonyl (C=O) groups excluding carboxylic acids is 3. The molecule has 164 valence electrons. The Morgan fingerprint density at radius 1 is 1.13 bits per heavy atom. The number of Topliss-reactive ketones (excluding diaryl/α,β-unsaturated/α-hetero) is 1. The molecule has 0 aliphatic rings. The first-order chi connectivity index (χ1) is 14.7. The molecule has 31 heavy (non-hydrogen) atoms. The highest BCUT2D eigenvalue weighted by molar-refractivity contribution is 7.14. The van der Waals surface area contributed by atoms with E-state index in [4.69, 9.17) is 9.47 Å². The lowest BCUT2D eigenvalue weighted by molar-refractivity contribution is -0.114. The Bertz CT molecular complexity index is 1100. The van der Waals surface area contributed by atoms with Crippen molar-refractivity contribution in [2.24, 2.45) is 7.05 Å². The van der Waals surface area contributed by atoms with Gasteiger partial charge in [-0.25, -0.2) is 9.59 Å². The lowest BCUT2D eigenvalue weighted by atomic mass is 10.0. The summed E-state index contributed by atoms with van der Waals surface area (Å²) in [4.78, 5) is 38.4. The van der Waals surface area contributed by atoms with Crippen molar-refractivity contribution in [2.75, 3.05) is 13.2 Å². The molecule has 7 nitrogen and oxygen atoms in total. The van der Waals surface area contributed by atoms with Gasteiger partial charge < -0.3 is 14.0 Å². The molecule has 0 atom stereocenters. The largest absolute Gasteiger partial charge is 0.462 e. The Morgan fingerprint density at radius 2 is 1.74 bits per heavy atom. The molecule has 0 saturated heterocycles. The summed E-state index contributed by atoms with van der Waals surface area (Å²) in [6.45, 7) is 9.19. The van der Waals surface area contributed by atoms with Gasteiger partial charge in [0.05, 0.1) is 24.4 Å². The Hall–Kier alpha value is -3.18. The fourth-order valence-electron chi connectivity index (χ4n) is 3.16. The van der Waals surface area contributed by atoms with Crippen molar-refractivity contribution in [2.45, 2.75) is 41.0 Å². The lowest BCUT2D eigenvalue weighted by Crippen LogP contribution is -2.12. The zero-order valence-corrected chi connectivity index (χ0v) is 19.4. The van der Waals surface area contributed by atoms with E-state index in [-0.39, 0.29) is 35.6 Å². The standard InChI is InChI=1S/C23H26N2O5S/c1-7-29-22(27)20-14(4)21(23(28)30-8-2)31-19(20)11-18(26)17(12-24)10-16-9-13(3)25(6)15(16)5/h9-10H,7-8,11H2,1-6H3/b17-10+. The molecule has 0 saturated carbocycles. The first kappa shape index (κ1) is 24.1. The van der Waals surface area contributed by atoms with Crippen molar-refractivity contribution in [1.29, 1.82) is 5.26 Å². The van der Waals surface area contributed by atoms with E-state index in [1.54, 1.807) is 26.8 Å². The molecule has 0 radical (unpaired) electrons. The number of allylic oxidation sites excluding steroid dienone is 1. The van der Waals surface area contributed by atoms with E-state index in [2.05, 4.69) is 0 Å².